The number of aromatic nitrogens is 5. The highest BCUT2D eigenvalue weighted by molar-refractivity contribution is 5.72. The second-order valence-corrected chi connectivity index (χ2v) is 4.37. The van der Waals surface area contributed by atoms with Gasteiger partial charge < -0.3 is 5.32 Å². The first kappa shape index (κ1) is 14.8. The van der Waals surface area contributed by atoms with Crippen LogP contribution in [0.1, 0.15) is 11.4 Å². The fourth-order valence-electron chi connectivity index (χ4n) is 1.87. The molecule has 0 atom stereocenters. The molecule has 0 saturated heterocycles. The van der Waals surface area contributed by atoms with Crippen molar-refractivity contribution in [3.05, 3.63) is 35.9 Å². The highest BCUT2D eigenvalue weighted by Crippen LogP contribution is 2.22. The molecule has 11 heteroatoms. The first-order valence-electron chi connectivity index (χ1n) is 6.21. The van der Waals surface area contributed by atoms with E-state index in [-0.39, 0.29) is 17.2 Å². The quantitative estimate of drug-likeness (QED) is 0.762. The third-order valence-electron chi connectivity index (χ3n) is 2.75. The number of alkyl halides is 3. The number of hydrogen-bond acceptors (Lipinski definition) is 6. The van der Waals surface area contributed by atoms with Crippen LogP contribution in [0.5, 0.6) is 0 Å². The first-order valence-corrected chi connectivity index (χ1v) is 6.21. The van der Waals surface area contributed by atoms with E-state index in [1.54, 1.807) is 12.3 Å². The van der Waals surface area contributed by atoms with Crippen molar-refractivity contribution in [3.63, 3.8) is 0 Å². The van der Waals surface area contributed by atoms with Crippen LogP contribution in [-0.2, 0) is 11.3 Å². The molecule has 0 aliphatic heterocycles. The van der Waals surface area contributed by atoms with Crippen molar-refractivity contribution in [1.82, 2.24) is 24.8 Å². The highest BCUT2D eigenvalue weighted by Gasteiger charge is 2.29. The van der Waals surface area contributed by atoms with E-state index in [9.17, 15) is 13.2 Å². The predicted molar refractivity (Wildman–Crippen MR) is 70.4 cm³/mol. The number of H-pyrrole nitrogens is 1. The van der Waals surface area contributed by atoms with Gasteiger partial charge in [0, 0.05) is 12.3 Å². The van der Waals surface area contributed by atoms with Crippen LogP contribution in [0.3, 0.4) is 0 Å². The summed E-state index contributed by atoms with van der Waals surface area (Å²) < 4.78 is 41.3. The third-order valence-corrected chi connectivity index (χ3v) is 2.75. The largest absolute Gasteiger partial charge is 0.522 e. The number of nitrogens with one attached hydrogen (secondary N) is 2. The molecule has 3 aromatic heterocycles. The van der Waals surface area contributed by atoms with Crippen molar-refractivity contribution in [1.29, 1.82) is 5.26 Å². The summed E-state index contributed by atoms with van der Waals surface area (Å²) in [6.07, 6.45) is -1.86. The summed E-state index contributed by atoms with van der Waals surface area (Å²) >= 11 is 0. The molecular formula is C12H8F3N7O. The normalized spacial score (nSPS) is 11.6. The summed E-state index contributed by atoms with van der Waals surface area (Å²) in [6, 6.07) is 4.86. The van der Waals surface area contributed by atoms with Gasteiger partial charge in [-0.05, 0) is 6.07 Å². The van der Waals surface area contributed by atoms with Crippen molar-refractivity contribution in [2.45, 2.75) is 13.0 Å². The van der Waals surface area contributed by atoms with E-state index in [1.807, 2.05) is 6.07 Å². The summed E-state index contributed by atoms with van der Waals surface area (Å²) in [4.78, 5) is 4.07. The van der Waals surface area contributed by atoms with Crippen LogP contribution in [0.25, 0.3) is 5.52 Å². The molecule has 0 aliphatic carbocycles. The van der Waals surface area contributed by atoms with Crippen molar-refractivity contribution >= 4 is 17.2 Å². The fourth-order valence-corrected chi connectivity index (χ4v) is 1.87. The zero-order chi connectivity index (χ0) is 16.4. The maximum atomic E-state index is 12.1. The Morgan fingerprint density at radius 3 is 2.91 bits per heavy atom. The Balaban J connectivity index is 1.97. The molecule has 0 aliphatic rings. The molecule has 8 nitrogen and oxygen atoms in total. The van der Waals surface area contributed by atoms with Crippen LogP contribution in [0.15, 0.2) is 24.5 Å². The van der Waals surface area contributed by atoms with Crippen LogP contribution in [0, 0.1) is 11.3 Å². The summed E-state index contributed by atoms with van der Waals surface area (Å²) in [5.74, 6) is 0.672. The van der Waals surface area contributed by atoms with Crippen LogP contribution in [0.2, 0.25) is 0 Å². The maximum Gasteiger partial charge on any atom is 0.522 e. The average molecular weight is 323 g/mol. The molecule has 2 N–H and O–H groups in total. The molecule has 23 heavy (non-hydrogen) atoms. The van der Waals surface area contributed by atoms with E-state index in [1.165, 1.54) is 16.8 Å². The molecule has 0 radical (unpaired) electrons. The van der Waals surface area contributed by atoms with Crippen LogP contribution < -0.4 is 5.32 Å². The third kappa shape index (κ3) is 3.38. The molecule has 0 spiro atoms. The summed E-state index contributed by atoms with van der Waals surface area (Å²) in [5, 5.41) is 22.3. The number of halogens is 3. The lowest BCUT2D eigenvalue weighted by molar-refractivity contribution is -0.330. The van der Waals surface area contributed by atoms with Crippen molar-refractivity contribution in [2.24, 2.45) is 0 Å². The Morgan fingerprint density at radius 1 is 1.43 bits per heavy atom. The number of rotatable bonds is 4. The van der Waals surface area contributed by atoms with E-state index in [0.717, 1.165) is 0 Å². The van der Waals surface area contributed by atoms with Gasteiger partial charge in [0.25, 0.3) is 0 Å². The molecule has 3 heterocycles. The number of anilines is 2. The number of aromatic amines is 1. The second-order valence-electron chi connectivity index (χ2n) is 4.37. The topological polar surface area (TPSA) is 104 Å². The van der Waals surface area contributed by atoms with Crippen LogP contribution in [-0.4, -0.2) is 31.2 Å². The van der Waals surface area contributed by atoms with Gasteiger partial charge in [0.1, 0.15) is 18.2 Å². The minimum atomic E-state index is -4.75. The van der Waals surface area contributed by atoms with Gasteiger partial charge in [0.05, 0.1) is 11.9 Å². The minimum absolute atomic E-state index is 0.0434. The zero-order valence-electron chi connectivity index (χ0n) is 11.3. The molecular weight excluding hydrogens is 315 g/mol. The standard InChI is InChI=1S/C12H8F3N7O/c13-12(14,15)23-6-7-3-9-11(19-10-1-2-17-20-10)18-8(4-16)5-22(9)21-7/h1-3,5H,6H2,(H2,17,18,19,20). The Hall–Kier alpha value is -3.13. The van der Waals surface area contributed by atoms with Gasteiger partial charge in [0.2, 0.25) is 0 Å². The lowest BCUT2D eigenvalue weighted by atomic mass is 10.3. The van der Waals surface area contributed by atoms with Gasteiger partial charge >= 0.3 is 6.36 Å². The number of hydrogen-bond donors (Lipinski definition) is 2. The molecule has 118 valence electrons. The van der Waals surface area contributed by atoms with E-state index in [2.05, 4.69) is 30.3 Å². The van der Waals surface area contributed by atoms with Crippen LogP contribution >= 0.6 is 0 Å². The number of nitriles is 1. The maximum absolute atomic E-state index is 12.1. The van der Waals surface area contributed by atoms with Gasteiger partial charge in [0.15, 0.2) is 17.3 Å². The zero-order valence-corrected chi connectivity index (χ0v) is 11.3. The van der Waals surface area contributed by atoms with E-state index in [4.69, 9.17) is 5.26 Å². The average Bonchev–Trinajstić information content (AvgIpc) is 3.13. The summed E-state index contributed by atoms with van der Waals surface area (Å²) in [6.45, 7) is -0.741. The summed E-state index contributed by atoms with van der Waals surface area (Å²) in [5.41, 5.74) is 0.471. The van der Waals surface area contributed by atoms with Crippen molar-refractivity contribution in [3.8, 4) is 6.07 Å². The van der Waals surface area contributed by atoms with E-state index in [0.29, 0.717) is 11.3 Å². The fraction of sp³-hybridized carbons (Fsp3) is 0.167. The van der Waals surface area contributed by atoms with E-state index < -0.39 is 13.0 Å². The molecule has 3 aromatic rings. The van der Waals surface area contributed by atoms with Crippen LogP contribution in [0.4, 0.5) is 24.8 Å². The Bertz CT molecular complexity index is 863. The van der Waals surface area contributed by atoms with Gasteiger partial charge in [-0.3, -0.25) is 9.84 Å². The summed E-state index contributed by atoms with van der Waals surface area (Å²) in [7, 11) is 0. The molecule has 0 aromatic carbocycles. The van der Waals surface area contributed by atoms with Crippen molar-refractivity contribution in [2.75, 3.05) is 5.32 Å². The Morgan fingerprint density at radius 2 is 2.26 bits per heavy atom. The van der Waals surface area contributed by atoms with Gasteiger partial charge in [-0.25, -0.2) is 9.50 Å². The Labute approximate surface area is 126 Å². The van der Waals surface area contributed by atoms with Gasteiger partial charge in [-0.1, -0.05) is 0 Å². The Kier molecular flexibility index (Phi) is 3.59. The second kappa shape index (κ2) is 5.58. The molecule has 0 unspecified atom stereocenters. The lowest BCUT2D eigenvalue weighted by Gasteiger charge is -2.04. The van der Waals surface area contributed by atoms with E-state index >= 15 is 0 Å². The first-order chi connectivity index (χ1) is 10.9. The molecule has 0 amide bonds. The monoisotopic (exact) mass is 323 g/mol. The molecule has 0 bridgehead atoms. The predicted octanol–water partition coefficient (Wildman–Crippen LogP) is 2.10. The van der Waals surface area contributed by atoms with Gasteiger partial charge in [-0.2, -0.15) is 15.5 Å². The molecule has 3 rings (SSSR count). The minimum Gasteiger partial charge on any atom is -0.322 e. The van der Waals surface area contributed by atoms with Crippen molar-refractivity contribution < 1.29 is 17.9 Å². The number of nitrogens with zero attached hydrogens (tertiary/aromatic N) is 5. The molecule has 0 saturated carbocycles. The SMILES string of the molecule is N#Cc1cn2nc(COC(F)(F)F)cc2c(Nc2cc[nH]n2)n1. The smallest absolute Gasteiger partial charge is 0.322 e. The molecule has 0 fully saturated rings. The van der Waals surface area contributed by atoms with Gasteiger partial charge in [-0.15, -0.1) is 13.2 Å². The highest BCUT2D eigenvalue weighted by atomic mass is 19.4. The lowest BCUT2D eigenvalue weighted by Crippen LogP contribution is -2.13. The number of fused-ring (bicyclic) bond motifs is 1. The number of ether oxygens (including phenoxy) is 1.